The summed E-state index contributed by atoms with van der Waals surface area (Å²) in [5, 5.41) is 0.668. The average Bonchev–Trinajstić information content (AvgIpc) is 2.58. The monoisotopic (exact) mass is 244 g/mol. The molecule has 1 aromatic heterocycles. The highest BCUT2D eigenvalue weighted by Gasteiger charge is 2.32. The van der Waals surface area contributed by atoms with Crippen LogP contribution in [0.15, 0.2) is 24.3 Å². The predicted octanol–water partition coefficient (Wildman–Crippen LogP) is 5.04. The molecule has 0 saturated heterocycles. The maximum absolute atomic E-state index is 12.5. The smallest absolute Gasteiger partial charge is 0.165 e. The highest BCUT2D eigenvalue weighted by atomic mass is 32.1. The van der Waals surface area contributed by atoms with Gasteiger partial charge < -0.3 is 0 Å². The Balaban J connectivity index is 2.54. The summed E-state index contributed by atoms with van der Waals surface area (Å²) in [6.45, 7) is 4.05. The van der Waals surface area contributed by atoms with Gasteiger partial charge in [-0.3, -0.25) is 0 Å². The first-order valence-corrected chi connectivity index (χ1v) is 5.80. The summed E-state index contributed by atoms with van der Waals surface area (Å²) in [4.78, 5) is -0.525. The van der Waals surface area contributed by atoms with Crippen molar-refractivity contribution in [2.45, 2.75) is 25.9 Å². The highest BCUT2D eigenvalue weighted by Crippen LogP contribution is 2.38. The Morgan fingerprint density at radius 1 is 1.12 bits per heavy atom. The summed E-state index contributed by atoms with van der Waals surface area (Å²) in [6.07, 6.45) is -4.23. The number of hydrogen-bond donors (Lipinski definition) is 0. The maximum atomic E-state index is 12.5. The van der Waals surface area contributed by atoms with Crippen LogP contribution in [0.1, 0.15) is 30.2 Å². The SMILES string of the molecule is CC(C)c1ccc2cc(C(F)(F)F)sc2c1. The topological polar surface area (TPSA) is 0 Å². The standard InChI is InChI=1S/C12H11F3S/c1-7(2)8-3-4-9-6-11(12(13,14)15)16-10(9)5-8/h3-7H,1-2H3. The molecule has 0 aliphatic carbocycles. The van der Waals surface area contributed by atoms with Gasteiger partial charge in [0.15, 0.2) is 0 Å². The lowest BCUT2D eigenvalue weighted by molar-refractivity contribution is -0.134. The number of alkyl halides is 3. The molecular formula is C12H11F3S. The molecule has 0 bridgehead atoms. The number of rotatable bonds is 1. The van der Waals surface area contributed by atoms with E-state index < -0.39 is 11.1 Å². The Hall–Kier alpha value is -1.03. The Kier molecular flexibility index (Phi) is 2.70. The fourth-order valence-electron chi connectivity index (χ4n) is 1.55. The van der Waals surface area contributed by atoms with Crippen LogP contribution in [0.4, 0.5) is 13.2 Å². The molecule has 0 aliphatic heterocycles. The van der Waals surface area contributed by atoms with E-state index in [1.54, 1.807) is 6.07 Å². The zero-order valence-corrected chi connectivity index (χ0v) is 9.75. The fraction of sp³-hybridized carbons (Fsp3) is 0.333. The molecule has 0 spiro atoms. The first-order valence-electron chi connectivity index (χ1n) is 4.98. The molecule has 2 aromatic rings. The van der Waals surface area contributed by atoms with Crippen LogP contribution in [-0.4, -0.2) is 0 Å². The summed E-state index contributed by atoms with van der Waals surface area (Å²) < 4.78 is 38.2. The van der Waals surface area contributed by atoms with Crippen LogP contribution in [0, 0.1) is 0 Å². The van der Waals surface area contributed by atoms with Gasteiger partial charge in [-0.1, -0.05) is 26.0 Å². The predicted molar refractivity (Wildman–Crippen MR) is 60.9 cm³/mol. The van der Waals surface area contributed by atoms with Crippen molar-refractivity contribution in [1.29, 1.82) is 0 Å². The number of benzene rings is 1. The van der Waals surface area contributed by atoms with Crippen molar-refractivity contribution in [2.24, 2.45) is 0 Å². The van der Waals surface area contributed by atoms with Gasteiger partial charge in [0.05, 0.1) is 0 Å². The van der Waals surface area contributed by atoms with Crippen molar-refractivity contribution in [1.82, 2.24) is 0 Å². The van der Waals surface area contributed by atoms with Gasteiger partial charge in [-0.05, 0) is 29.0 Å². The van der Waals surface area contributed by atoms with Crippen LogP contribution in [0.5, 0.6) is 0 Å². The van der Waals surface area contributed by atoms with E-state index in [-0.39, 0.29) is 0 Å². The van der Waals surface area contributed by atoms with Gasteiger partial charge in [0.2, 0.25) is 0 Å². The van der Waals surface area contributed by atoms with Gasteiger partial charge in [-0.2, -0.15) is 13.2 Å². The zero-order chi connectivity index (χ0) is 11.9. The number of fused-ring (bicyclic) bond motifs is 1. The molecule has 0 atom stereocenters. The minimum atomic E-state index is -4.23. The molecule has 1 aromatic carbocycles. The van der Waals surface area contributed by atoms with Gasteiger partial charge in [-0.25, -0.2) is 0 Å². The minimum Gasteiger partial charge on any atom is -0.165 e. The molecule has 16 heavy (non-hydrogen) atoms. The molecule has 0 nitrogen and oxygen atoms in total. The summed E-state index contributed by atoms with van der Waals surface area (Å²) in [7, 11) is 0. The Labute approximate surface area is 95.7 Å². The van der Waals surface area contributed by atoms with Crippen LogP contribution in [0.2, 0.25) is 0 Å². The van der Waals surface area contributed by atoms with Crippen LogP contribution in [0.3, 0.4) is 0 Å². The lowest BCUT2D eigenvalue weighted by Crippen LogP contribution is -2.00. The van der Waals surface area contributed by atoms with E-state index in [0.29, 0.717) is 16.0 Å². The number of thiophene rings is 1. The van der Waals surface area contributed by atoms with Crippen molar-refractivity contribution in [3.63, 3.8) is 0 Å². The van der Waals surface area contributed by atoms with Crippen molar-refractivity contribution in [3.05, 3.63) is 34.7 Å². The molecule has 2 rings (SSSR count). The molecular weight excluding hydrogens is 233 g/mol. The first kappa shape index (κ1) is 11.5. The third kappa shape index (κ3) is 2.07. The third-order valence-corrected chi connectivity index (χ3v) is 3.63. The van der Waals surface area contributed by atoms with Gasteiger partial charge in [0, 0.05) is 4.70 Å². The highest BCUT2D eigenvalue weighted by molar-refractivity contribution is 7.19. The van der Waals surface area contributed by atoms with E-state index in [0.717, 1.165) is 16.9 Å². The molecule has 0 N–H and O–H groups in total. The van der Waals surface area contributed by atoms with Crippen LogP contribution in [-0.2, 0) is 6.18 Å². The van der Waals surface area contributed by atoms with Crippen LogP contribution in [0.25, 0.3) is 10.1 Å². The van der Waals surface area contributed by atoms with Gasteiger partial charge in [0.25, 0.3) is 0 Å². The van der Waals surface area contributed by atoms with Crippen LogP contribution < -0.4 is 0 Å². The quantitative estimate of drug-likeness (QED) is 0.659. The normalized spacial score (nSPS) is 12.6. The zero-order valence-electron chi connectivity index (χ0n) is 8.93. The number of hydrogen-bond acceptors (Lipinski definition) is 1. The second-order valence-corrected chi connectivity index (χ2v) is 5.14. The average molecular weight is 244 g/mol. The van der Waals surface area contributed by atoms with Crippen molar-refractivity contribution < 1.29 is 13.2 Å². The lowest BCUT2D eigenvalue weighted by Gasteiger charge is -2.03. The van der Waals surface area contributed by atoms with E-state index in [4.69, 9.17) is 0 Å². The Morgan fingerprint density at radius 2 is 1.81 bits per heavy atom. The molecule has 0 fully saturated rings. The number of halogens is 3. The Bertz CT molecular complexity index is 508. The van der Waals surface area contributed by atoms with Crippen molar-refractivity contribution in [3.8, 4) is 0 Å². The summed E-state index contributed by atoms with van der Waals surface area (Å²) in [5.41, 5.74) is 1.07. The minimum absolute atomic E-state index is 0.334. The maximum Gasteiger partial charge on any atom is 0.425 e. The molecule has 1 heterocycles. The van der Waals surface area contributed by atoms with Crippen molar-refractivity contribution in [2.75, 3.05) is 0 Å². The molecule has 4 heteroatoms. The first-order chi connectivity index (χ1) is 7.38. The second kappa shape index (κ2) is 3.77. The summed E-state index contributed by atoms with van der Waals surface area (Å²) >= 11 is 0.811. The van der Waals surface area contributed by atoms with Crippen LogP contribution >= 0.6 is 11.3 Å². The summed E-state index contributed by atoms with van der Waals surface area (Å²) in [5.74, 6) is 0.334. The van der Waals surface area contributed by atoms with Gasteiger partial charge in [-0.15, -0.1) is 11.3 Å². The van der Waals surface area contributed by atoms with E-state index in [2.05, 4.69) is 0 Å². The summed E-state index contributed by atoms with van der Waals surface area (Å²) in [6, 6.07) is 6.71. The molecule has 0 aliphatic rings. The van der Waals surface area contributed by atoms with Gasteiger partial charge >= 0.3 is 6.18 Å². The van der Waals surface area contributed by atoms with E-state index in [1.807, 2.05) is 26.0 Å². The van der Waals surface area contributed by atoms with Gasteiger partial charge in [0.1, 0.15) is 4.88 Å². The lowest BCUT2D eigenvalue weighted by atomic mass is 10.0. The van der Waals surface area contributed by atoms with Crippen molar-refractivity contribution >= 4 is 21.4 Å². The van der Waals surface area contributed by atoms with E-state index in [9.17, 15) is 13.2 Å². The third-order valence-electron chi connectivity index (χ3n) is 2.49. The van der Waals surface area contributed by atoms with E-state index in [1.165, 1.54) is 6.07 Å². The molecule has 0 unspecified atom stereocenters. The van der Waals surface area contributed by atoms with E-state index >= 15 is 0 Å². The Morgan fingerprint density at radius 3 is 2.38 bits per heavy atom. The molecule has 86 valence electrons. The molecule has 0 saturated carbocycles. The fourth-order valence-corrected chi connectivity index (χ4v) is 2.52. The molecule has 0 radical (unpaired) electrons. The second-order valence-electron chi connectivity index (χ2n) is 4.06. The largest absolute Gasteiger partial charge is 0.425 e. The molecule has 0 amide bonds.